The summed E-state index contributed by atoms with van der Waals surface area (Å²) in [4.78, 5) is 27.2. The Hall–Kier alpha value is -2.66. The molecule has 2 amide bonds. The minimum Gasteiger partial charge on any atom is -0.341 e. The molecule has 4 rings (SSSR count). The van der Waals surface area contributed by atoms with Crippen molar-refractivity contribution in [3.05, 3.63) is 65.7 Å². The zero-order chi connectivity index (χ0) is 20.1. The number of carbonyl (C=O) groups is 2. The molecule has 1 aliphatic carbocycles. The molecule has 1 saturated carbocycles. The zero-order valence-electron chi connectivity index (χ0n) is 16.8. The Morgan fingerprint density at radius 3 is 2.45 bits per heavy atom. The standard InChI is InChI=1S/C24H29N3O2/c28-23(20-12-13-20)26-21-11-7-8-18(16-21)17-25-22(19-9-3-1-4-10-19)24(29)27-14-5-2-6-15-27/h1,3-4,7-11,16,20,22,25H,2,5-6,12-15,17H2,(H,26,28). The molecule has 2 fully saturated rings. The molecule has 1 atom stereocenters. The van der Waals surface area contributed by atoms with Gasteiger partial charge in [0.2, 0.25) is 11.8 Å². The Labute approximate surface area is 172 Å². The van der Waals surface area contributed by atoms with Crippen LogP contribution >= 0.6 is 0 Å². The van der Waals surface area contributed by atoms with Crippen molar-refractivity contribution in [1.29, 1.82) is 0 Å². The first kappa shape index (κ1) is 19.6. The number of amides is 2. The largest absolute Gasteiger partial charge is 0.341 e. The SMILES string of the molecule is O=C(Nc1cccc(CNC(C(=O)N2CCCCC2)c2ccccc2)c1)C1CC1. The summed E-state index contributed by atoms with van der Waals surface area (Å²) >= 11 is 0. The monoisotopic (exact) mass is 391 g/mol. The first-order valence-corrected chi connectivity index (χ1v) is 10.7. The van der Waals surface area contributed by atoms with Crippen molar-refractivity contribution in [1.82, 2.24) is 10.2 Å². The number of carbonyl (C=O) groups excluding carboxylic acids is 2. The molecule has 2 aromatic carbocycles. The fourth-order valence-corrected chi connectivity index (χ4v) is 3.86. The molecule has 29 heavy (non-hydrogen) atoms. The molecule has 2 aliphatic rings. The molecule has 152 valence electrons. The van der Waals surface area contributed by atoms with Crippen molar-refractivity contribution in [3.63, 3.8) is 0 Å². The van der Waals surface area contributed by atoms with Crippen LogP contribution in [0.3, 0.4) is 0 Å². The van der Waals surface area contributed by atoms with Gasteiger partial charge in [-0.25, -0.2) is 0 Å². The van der Waals surface area contributed by atoms with Crippen LogP contribution in [0.25, 0.3) is 0 Å². The highest BCUT2D eigenvalue weighted by Crippen LogP contribution is 2.30. The molecule has 1 aliphatic heterocycles. The van der Waals surface area contributed by atoms with Crippen LogP contribution in [0.1, 0.15) is 49.3 Å². The minimum atomic E-state index is -0.362. The van der Waals surface area contributed by atoms with Crippen molar-refractivity contribution >= 4 is 17.5 Å². The lowest BCUT2D eigenvalue weighted by molar-refractivity contribution is -0.134. The molecule has 5 nitrogen and oxygen atoms in total. The van der Waals surface area contributed by atoms with Gasteiger partial charge < -0.3 is 10.2 Å². The van der Waals surface area contributed by atoms with E-state index in [4.69, 9.17) is 0 Å². The van der Waals surface area contributed by atoms with Gasteiger partial charge in [0.15, 0.2) is 0 Å². The quantitative estimate of drug-likeness (QED) is 0.753. The Balaban J connectivity index is 1.45. The lowest BCUT2D eigenvalue weighted by Crippen LogP contribution is -2.43. The number of piperidine rings is 1. The Bertz CT molecular complexity index is 842. The summed E-state index contributed by atoms with van der Waals surface area (Å²) in [7, 11) is 0. The molecular weight excluding hydrogens is 362 g/mol. The highest BCUT2D eigenvalue weighted by atomic mass is 16.2. The summed E-state index contributed by atoms with van der Waals surface area (Å²) in [6.07, 6.45) is 5.34. The first-order chi connectivity index (χ1) is 14.2. The van der Waals surface area contributed by atoms with Crippen LogP contribution in [0.4, 0.5) is 5.69 Å². The Kier molecular flexibility index (Phi) is 6.25. The van der Waals surface area contributed by atoms with Gasteiger partial charge in [0.25, 0.3) is 0 Å². The number of likely N-dealkylation sites (tertiary alicyclic amines) is 1. The van der Waals surface area contributed by atoms with E-state index >= 15 is 0 Å². The van der Waals surface area contributed by atoms with Crippen molar-refractivity contribution in [2.75, 3.05) is 18.4 Å². The van der Waals surface area contributed by atoms with Crippen LogP contribution in [-0.4, -0.2) is 29.8 Å². The molecule has 0 spiro atoms. The maximum atomic E-state index is 13.2. The number of rotatable bonds is 7. The first-order valence-electron chi connectivity index (χ1n) is 10.7. The third kappa shape index (κ3) is 5.24. The van der Waals surface area contributed by atoms with Gasteiger partial charge in [0.05, 0.1) is 0 Å². The Morgan fingerprint density at radius 1 is 0.966 bits per heavy atom. The molecule has 0 bridgehead atoms. The summed E-state index contributed by atoms with van der Waals surface area (Å²) in [6, 6.07) is 17.4. The van der Waals surface area contributed by atoms with Gasteiger partial charge in [-0.3, -0.25) is 14.9 Å². The van der Waals surface area contributed by atoms with E-state index in [0.29, 0.717) is 6.54 Å². The molecule has 0 aromatic heterocycles. The number of hydrogen-bond donors (Lipinski definition) is 2. The van der Waals surface area contributed by atoms with Gasteiger partial charge in [0.1, 0.15) is 6.04 Å². The van der Waals surface area contributed by atoms with Crippen molar-refractivity contribution in [2.24, 2.45) is 5.92 Å². The van der Waals surface area contributed by atoms with E-state index in [0.717, 1.165) is 55.6 Å². The van der Waals surface area contributed by atoms with Crippen LogP contribution in [0, 0.1) is 5.92 Å². The van der Waals surface area contributed by atoms with E-state index in [2.05, 4.69) is 10.6 Å². The number of nitrogens with one attached hydrogen (secondary N) is 2. The number of anilines is 1. The highest BCUT2D eigenvalue weighted by molar-refractivity contribution is 5.94. The van der Waals surface area contributed by atoms with Gasteiger partial charge in [-0.2, -0.15) is 0 Å². The van der Waals surface area contributed by atoms with E-state index in [1.165, 1.54) is 6.42 Å². The van der Waals surface area contributed by atoms with Crippen molar-refractivity contribution < 1.29 is 9.59 Å². The van der Waals surface area contributed by atoms with E-state index in [9.17, 15) is 9.59 Å². The molecule has 1 heterocycles. The van der Waals surface area contributed by atoms with E-state index < -0.39 is 0 Å². The lowest BCUT2D eigenvalue weighted by Gasteiger charge is -2.31. The van der Waals surface area contributed by atoms with E-state index in [-0.39, 0.29) is 23.8 Å². The summed E-state index contributed by atoms with van der Waals surface area (Å²) in [5.74, 6) is 0.438. The minimum absolute atomic E-state index is 0.109. The molecule has 2 aromatic rings. The molecule has 0 radical (unpaired) electrons. The Morgan fingerprint density at radius 2 is 1.72 bits per heavy atom. The average molecular weight is 392 g/mol. The second-order valence-corrected chi connectivity index (χ2v) is 8.07. The highest BCUT2D eigenvalue weighted by Gasteiger charge is 2.29. The third-order valence-corrected chi connectivity index (χ3v) is 5.70. The number of nitrogens with zero attached hydrogens (tertiary/aromatic N) is 1. The van der Waals surface area contributed by atoms with Crippen molar-refractivity contribution in [2.45, 2.75) is 44.7 Å². The number of benzene rings is 2. The van der Waals surface area contributed by atoms with Gasteiger partial charge >= 0.3 is 0 Å². The summed E-state index contributed by atoms with van der Waals surface area (Å²) in [5, 5.41) is 6.46. The molecule has 1 saturated heterocycles. The number of hydrogen-bond acceptors (Lipinski definition) is 3. The second kappa shape index (κ2) is 9.23. The van der Waals surface area contributed by atoms with Gasteiger partial charge in [-0.1, -0.05) is 42.5 Å². The molecule has 1 unspecified atom stereocenters. The summed E-state index contributed by atoms with van der Waals surface area (Å²) in [6.45, 7) is 2.24. The molecule has 2 N–H and O–H groups in total. The van der Waals surface area contributed by atoms with Crippen LogP contribution < -0.4 is 10.6 Å². The molecule has 5 heteroatoms. The summed E-state index contributed by atoms with van der Waals surface area (Å²) in [5.41, 5.74) is 2.85. The topological polar surface area (TPSA) is 61.4 Å². The fraction of sp³-hybridized carbons (Fsp3) is 0.417. The zero-order valence-corrected chi connectivity index (χ0v) is 16.8. The van der Waals surface area contributed by atoms with E-state index in [1.54, 1.807) is 0 Å². The predicted octanol–water partition coefficient (Wildman–Crippen LogP) is 3.88. The predicted molar refractivity (Wildman–Crippen MR) is 114 cm³/mol. The van der Waals surface area contributed by atoms with Crippen LogP contribution in [0.5, 0.6) is 0 Å². The van der Waals surface area contributed by atoms with Crippen LogP contribution in [0.15, 0.2) is 54.6 Å². The fourth-order valence-electron chi connectivity index (χ4n) is 3.86. The van der Waals surface area contributed by atoms with Gasteiger partial charge in [0, 0.05) is 31.2 Å². The van der Waals surface area contributed by atoms with E-state index in [1.807, 2.05) is 59.5 Å². The maximum Gasteiger partial charge on any atom is 0.244 e. The van der Waals surface area contributed by atoms with Gasteiger partial charge in [-0.15, -0.1) is 0 Å². The smallest absolute Gasteiger partial charge is 0.244 e. The molecular formula is C24H29N3O2. The summed E-state index contributed by atoms with van der Waals surface area (Å²) < 4.78 is 0. The lowest BCUT2D eigenvalue weighted by atomic mass is 10.0. The van der Waals surface area contributed by atoms with Gasteiger partial charge in [-0.05, 0) is 55.4 Å². The average Bonchev–Trinajstić information content (AvgIpc) is 3.61. The third-order valence-electron chi connectivity index (χ3n) is 5.70. The van der Waals surface area contributed by atoms with Crippen molar-refractivity contribution in [3.8, 4) is 0 Å². The second-order valence-electron chi connectivity index (χ2n) is 8.07. The normalized spacial score (nSPS) is 17.6. The maximum absolute atomic E-state index is 13.2. The van der Waals surface area contributed by atoms with Crippen LogP contribution in [0.2, 0.25) is 0 Å². The van der Waals surface area contributed by atoms with Crippen LogP contribution in [-0.2, 0) is 16.1 Å².